The molecule has 0 saturated heterocycles. The summed E-state index contributed by atoms with van der Waals surface area (Å²) in [6.45, 7) is 3.42. The molecule has 1 atom stereocenters. The standard InChI is InChI=1S/C10H10N2OS/c1-6(13)10(11)7-2-3-8-9(4-7)14-5-12-8/h2-5,10,13H,1,11H2. The Bertz CT molecular complexity index is 478. The lowest BCUT2D eigenvalue weighted by Gasteiger charge is -2.09. The van der Waals surface area contributed by atoms with Gasteiger partial charge in [0.2, 0.25) is 0 Å². The Balaban J connectivity index is 2.48. The summed E-state index contributed by atoms with van der Waals surface area (Å²) in [6, 6.07) is 5.17. The van der Waals surface area contributed by atoms with E-state index in [9.17, 15) is 0 Å². The van der Waals surface area contributed by atoms with Gasteiger partial charge < -0.3 is 10.8 Å². The molecule has 0 aliphatic carbocycles. The van der Waals surface area contributed by atoms with Crippen LogP contribution in [0, 0.1) is 0 Å². The van der Waals surface area contributed by atoms with Crippen LogP contribution in [-0.2, 0) is 0 Å². The summed E-state index contributed by atoms with van der Waals surface area (Å²) in [4.78, 5) is 4.16. The van der Waals surface area contributed by atoms with Crippen LogP contribution < -0.4 is 5.73 Å². The fraction of sp³-hybridized carbons (Fsp3) is 0.100. The molecule has 1 heterocycles. The zero-order valence-corrected chi connectivity index (χ0v) is 8.29. The molecule has 0 radical (unpaired) electrons. The molecular formula is C10H10N2OS. The van der Waals surface area contributed by atoms with Gasteiger partial charge in [0.15, 0.2) is 0 Å². The third kappa shape index (κ3) is 1.49. The molecule has 72 valence electrons. The number of aliphatic hydroxyl groups excluding tert-OH is 1. The highest BCUT2D eigenvalue weighted by atomic mass is 32.1. The molecule has 14 heavy (non-hydrogen) atoms. The van der Waals surface area contributed by atoms with Gasteiger partial charge in [-0.1, -0.05) is 12.6 Å². The molecule has 1 aromatic heterocycles. The van der Waals surface area contributed by atoms with Crippen molar-refractivity contribution in [1.29, 1.82) is 0 Å². The second kappa shape index (κ2) is 3.40. The number of nitrogens with two attached hydrogens (primary N) is 1. The first-order valence-electron chi connectivity index (χ1n) is 4.15. The number of nitrogens with zero attached hydrogens (tertiary/aromatic N) is 1. The molecule has 1 aromatic carbocycles. The van der Waals surface area contributed by atoms with E-state index >= 15 is 0 Å². The van der Waals surface area contributed by atoms with Gasteiger partial charge in [-0.3, -0.25) is 0 Å². The summed E-state index contributed by atoms with van der Waals surface area (Å²) in [5, 5.41) is 9.17. The first-order valence-corrected chi connectivity index (χ1v) is 5.03. The SMILES string of the molecule is C=C(O)C(N)c1ccc2ncsc2c1. The second-order valence-electron chi connectivity index (χ2n) is 3.05. The van der Waals surface area contributed by atoms with Gasteiger partial charge in [-0.2, -0.15) is 0 Å². The summed E-state index contributed by atoms with van der Waals surface area (Å²) in [7, 11) is 0. The van der Waals surface area contributed by atoms with E-state index in [0.29, 0.717) is 0 Å². The number of benzene rings is 1. The predicted octanol–water partition coefficient (Wildman–Crippen LogP) is 2.37. The van der Waals surface area contributed by atoms with E-state index in [0.717, 1.165) is 15.8 Å². The van der Waals surface area contributed by atoms with Gasteiger partial charge in [-0.15, -0.1) is 11.3 Å². The van der Waals surface area contributed by atoms with E-state index < -0.39 is 6.04 Å². The van der Waals surface area contributed by atoms with Crippen LogP contribution in [0.4, 0.5) is 0 Å². The van der Waals surface area contributed by atoms with Crippen LogP contribution in [0.1, 0.15) is 11.6 Å². The molecule has 0 spiro atoms. The van der Waals surface area contributed by atoms with Crippen molar-refractivity contribution in [2.75, 3.05) is 0 Å². The molecule has 0 amide bonds. The molecule has 0 aliphatic heterocycles. The van der Waals surface area contributed by atoms with Crippen LogP contribution in [0.5, 0.6) is 0 Å². The van der Waals surface area contributed by atoms with Crippen LogP contribution in [-0.4, -0.2) is 10.1 Å². The number of rotatable bonds is 2. The van der Waals surface area contributed by atoms with E-state index in [4.69, 9.17) is 10.8 Å². The minimum absolute atomic E-state index is 0.0196. The summed E-state index contributed by atoms with van der Waals surface area (Å²) in [5.74, 6) is -0.0196. The van der Waals surface area contributed by atoms with Crippen molar-refractivity contribution < 1.29 is 5.11 Å². The molecular weight excluding hydrogens is 196 g/mol. The Morgan fingerprint density at radius 3 is 3.07 bits per heavy atom. The number of aromatic nitrogens is 1. The fourth-order valence-electron chi connectivity index (χ4n) is 1.26. The highest BCUT2D eigenvalue weighted by Gasteiger charge is 2.09. The van der Waals surface area contributed by atoms with Crippen LogP contribution in [0.25, 0.3) is 10.2 Å². The second-order valence-corrected chi connectivity index (χ2v) is 3.93. The van der Waals surface area contributed by atoms with E-state index in [-0.39, 0.29) is 5.76 Å². The maximum Gasteiger partial charge on any atom is 0.106 e. The summed E-state index contributed by atoms with van der Waals surface area (Å²) < 4.78 is 1.07. The molecule has 3 nitrogen and oxygen atoms in total. The maximum atomic E-state index is 9.17. The maximum absolute atomic E-state index is 9.17. The summed E-state index contributed by atoms with van der Waals surface area (Å²) in [6.07, 6.45) is 0. The van der Waals surface area contributed by atoms with Gasteiger partial charge in [0.1, 0.15) is 5.76 Å². The Hall–Kier alpha value is -1.39. The smallest absolute Gasteiger partial charge is 0.106 e. The van der Waals surface area contributed by atoms with Gasteiger partial charge in [0, 0.05) is 0 Å². The quantitative estimate of drug-likeness (QED) is 0.741. The molecule has 0 fully saturated rings. The Morgan fingerprint density at radius 1 is 1.57 bits per heavy atom. The van der Waals surface area contributed by atoms with Crippen LogP contribution in [0.2, 0.25) is 0 Å². The third-order valence-electron chi connectivity index (χ3n) is 2.07. The van der Waals surface area contributed by atoms with Crippen molar-refractivity contribution in [1.82, 2.24) is 4.98 Å². The van der Waals surface area contributed by atoms with Crippen molar-refractivity contribution in [3.8, 4) is 0 Å². The first-order chi connectivity index (χ1) is 6.68. The minimum atomic E-state index is -0.513. The van der Waals surface area contributed by atoms with E-state index in [1.54, 1.807) is 16.8 Å². The predicted molar refractivity (Wildman–Crippen MR) is 58.3 cm³/mol. The van der Waals surface area contributed by atoms with Crippen molar-refractivity contribution in [2.45, 2.75) is 6.04 Å². The van der Waals surface area contributed by atoms with Gasteiger partial charge in [-0.05, 0) is 17.7 Å². The molecule has 2 aromatic rings. The van der Waals surface area contributed by atoms with E-state index in [1.165, 1.54) is 0 Å². The minimum Gasteiger partial charge on any atom is -0.511 e. The molecule has 2 rings (SSSR count). The monoisotopic (exact) mass is 206 g/mol. The Kier molecular flexibility index (Phi) is 2.23. The molecule has 0 bridgehead atoms. The van der Waals surface area contributed by atoms with Crippen LogP contribution in [0.3, 0.4) is 0 Å². The third-order valence-corrected chi connectivity index (χ3v) is 2.87. The highest BCUT2D eigenvalue weighted by Crippen LogP contribution is 2.23. The molecule has 4 heteroatoms. The van der Waals surface area contributed by atoms with Crippen LogP contribution in [0.15, 0.2) is 36.0 Å². The zero-order chi connectivity index (χ0) is 10.1. The van der Waals surface area contributed by atoms with E-state index in [2.05, 4.69) is 11.6 Å². The number of aliphatic hydroxyl groups is 1. The number of thiazole rings is 1. The number of hydrogen-bond acceptors (Lipinski definition) is 4. The Labute approximate surface area is 85.5 Å². The summed E-state index contributed by atoms with van der Waals surface area (Å²) in [5.41, 5.74) is 9.33. The highest BCUT2D eigenvalue weighted by molar-refractivity contribution is 7.16. The molecule has 1 unspecified atom stereocenters. The molecule has 0 aliphatic rings. The lowest BCUT2D eigenvalue weighted by molar-refractivity contribution is 0.373. The van der Waals surface area contributed by atoms with Gasteiger partial charge in [0.25, 0.3) is 0 Å². The normalized spacial score (nSPS) is 12.9. The fourth-order valence-corrected chi connectivity index (χ4v) is 1.98. The van der Waals surface area contributed by atoms with Gasteiger partial charge >= 0.3 is 0 Å². The zero-order valence-electron chi connectivity index (χ0n) is 7.47. The number of hydrogen-bond donors (Lipinski definition) is 2. The van der Waals surface area contributed by atoms with Crippen molar-refractivity contribution in [3.63, 3.8) is 0 Å². The molecule has 0 saturated carbocycles. The largest absolute Gasteiger partial charge is 0.511 e. The number of fused-ring (bicyclic) bond motifs is 1. The lowest BCUT2D eigenvalue weighted by atomic mass is 10.1. The van der Waals surface area contributed by atoms with Crippen molar-refractivity contribution >= 4 is 21.6 Å². The van der Waals surface area contributed by atoms with Gasteiger partial charge in [0.05, 0.1) is 21.8 Å². The van der Waals surface area contributed by atoms with Crippen molar-refractivity contribution in [2.24, 2.45) is 5.73 Å². The molecule has 3 N–H and O–H groups in total. The Morgan fingerprint density at radius 2 is 2.36 bits per heavy atom. The average Bonchev–Trinajstić information content (AvgIpc) is 2.62. The van der Waals surface area contributed by atoms with Crippen LogP contribution >= 0.6 is 11.3 Å². The average molecular weight is 206 g/mol. The topological polar surface area (TPSA) is 59.1 Å². The first kappa shape index (κ1) is 9.18. The van der Waals surface area contributed by atoms with Gasteiger partial charge in [-0.25, -0.2) is 4.98 Å². The van der Waals surface area contributed by atoms with E-state index in [1.807, 2.05) is 18.2 Å². The van der Waals surface area contributed by atoms with Crippen molar-refractivity contribution in [3.05, 3.63) is 41.6 Å². The lowest BCUT2D eigenvalue weighted by Crippen LogP contribution is -2.11. The summed E-state index contributed by atoms with van der Waals surface area (Å²) >= 11 is 1.55.